The Hall–Kier alpha value is -0.280. The van der Waals surface area contributed by atoms with Crippen LogP contribution in [0.2, 0.25) is 0 Å². The highest BCUT2D eigenvalue weighted by Gasteiger charge is 2.55. The van der Waals surface area contributed by atoms with Gasteiger partial charge in [-0.3, -0.25) is 4.79 Å². The van der Waals surface area contributed by atoms with Gasteiger partial charge in [0.05, 0.1) is 6.10 Å². The first-order valence-corrected chi connectivity index (χ1v) is 5.06. The van der Waals surface area contributed by atoms with Crippen LogP contribution in [0.25, 0.3) is 0 Å². The molecule has 2 aliphatic carbocycles. The van der Waals surface area contributed by atoms with Crippen LogP contribution in [-0.2, 0) is 9.53 Å². The molecule has 2 aliphatic rings. The van der Waals surface area contributed by atoms with Crippen LogP contribution in [0, 0.1) is 11.8 Å². The molecule has 0 aromatic carbocycles. The Morgan fingerprint density at radius 1 is 1.54 bits per heavy atom. The van der Waals surface area contributed by atoms with E-state index in [1.54, 1.807) is 6.92 Å². The summed E-state index contributed by atoms with van der Waals surface area (Å²) in [6.45, 7) is 1.60. The zero-order valence-corrected chi connectivity index (χ0v) is 8.20. The monoisotopic (exact) mass is 204 g/mol. The van der Waals surface area contributed by atoms with Gasteiger partial charge in [0.25, 0.3) is 0 Å². The van der Waals surface area contributed by atoms with E-state index in [1.165, 1.54) is 0 Å². The molecule has 13 heavy (non-hydrogen) atoms. The van der Waals surface area contributed by atoms with Crippen molar-refractivity contribution in [1.82, 2.24) is 0 Å². The van der Waals surface area contributed by atoms with Crippen molar-refractivity contribution in [3.8, 4) is 0 Å². The van der Waals surface area contributed by atoms with Gasteiger partial charge in [-0.15, -0.1) is 11.6 Å². The lowest BCUT2D eigenvalue weighted by molar-refractivity contribution is -0.149. The zero-order valence-electron chi connectivity index (χ0n) is 7.44. The van der Waals surface area contributed by atoms with Crippen LogP contribution < -0.4 is 0 Å². The van der Waals surface area contributed by atoms with E-state index in [0.717, 1.165) is 6.42 Å². The molecule has 0 aromatic rings. The fraction of sp³-hybridized carbons (Fsp3) is 0.889. The lowest BCUT2D eigenvalue weighted by Gasteiger charge is -2.15. The SMILES string of the molecule is C[C@@H](Cl)C(=O)O[C@H]1C[C@@H](O)[C@@H]2C[C@@H]21. The largest absolute Gasteiger partial charge is 0.461 e. The van der Waals surface area contributed by atoms with Gasteiger partial charge in [0.1, 0.15) is 11.5 Å². The summed E-state index contributed by atoms with van der Waals surface area (Å²) in [5.41, 5.74) is 0. The number of fused-ring (bicyclic) bond motifs is 1. The second-order valence-corrected chi connectivity index (χ2v) is 4.61. The third-order valence-corrected chi connectivity index (χ3v) is 3.11. The lowest BCUT2D eigenvalue weighted by Crippen LogP contribution is -2.24. The van der Waals surface area contributed by atoms with Crippen molar-refractivity contribution in [1.29, 1.82) is 0 Å². The van der Waals surface area contributed by atoms with E-state index in [4.69, 9.17) is 16.3 Å². The van der Waals surface area contributed by atoms with E-state index in [9.17, 15) is 9.90 Å². The number of halogens is 1. The Bertz CT molecular complexity index is 229. The molecule has 0 saturated heterocycles. The molecular weight excluding hydrogens is 192 g/mol. The summed E-state index contributed by atoms with van der Waals surface area (Å²) in [5.74, 6) is 0.407. The van der Waals surface area contributed by atoms with Gasteiger partial charge in [-0.25, -0.2) is 0 Å². The van der Waals surface area contributed by atoms with E-state index >= 15 is 0 Å². The van der Waals surface area contributed by atoms with Gasteiger partial charge in [-0.2, -0.15) is 0 Å². The normalized spacial score (nSPS) is 43.9. The summed E-state index contributed by atoms with van der Waals surface area (Å²) in [7, 11) is 0. The predicted octanol–water partition coefficient (Wildman–Crippen LogP) is 0.926. The smallest absolute Gasteiger partial charge is 0.324 e. The minimum Gasteiger partial charge on any atom is -0.461 e. The summed E-state index contributed by atoms with van der Waals surface area (Å²) >= 11 is 5.57. The summed E-state index contributed by atoms with van der Waals surface area (Å²) in [6.07, 6.45) is 1.22. The first kappa shape index (κ1) is 9.28. The highest BCUT2D eigenvalue weighted by Crippen LogP contribution is 2.53. The number of aliphatic hydroxyl groups excluding tert-OH is 1. The maximum absolute atomic E-state index is 11.1. The van der Waals surface area contributed by atoms with E-state index in [-0.39, 0.29) is 18.2 Å². The summed E-state index contributed by atoms with van der Waals surface area (Å²) in [4.78, 5) is 11.1. The average Bonchev–Trinajstić information content (AvgIpc) is 2.76. The molecule has 0 unspecified atom stereocenters. The predicted molar refractivity (Wildman–Crippen MR) is 47.4 cm³/mol. The van der Waals surface area contributed by atoms with Crippen molar-refractivity contribution in [2.45, 2.75) is 37.4 Å². The van der Waals surface area contributed by atoms with E-state index in [0.29, 0.717) is 18.3 Å². The van der Waals surface area contributed by atoms with Crippen LogP contribution in [0.3, 0.4) is 0 Å². The van der Waals surface area contributed by atoms with Gasteiger partial charge in [0, 0.05) is 12.3 Å². The third-order valence-electron chi connectivity index (χ3n) is 2.93. The summed E-state index contributed by atoms with van der Waals surface area (Å²) < 4.78 is 5.17. The van der Waals surface area contributed by atoms with Crippen LogP contribution >= 0.6 is 11.6 Å². The van der Waals surface area contributed by atoms with Gasteiger partial charge in [-0.1, -0.05) is 0 Å². The Balaban J connectivity index is 1.86. The standard InChI is InChI=1S/C9H13ClO3/c1-4(10)9(12)13-8-3-7(11)5-2-6(5)8/h4-8,11H,2-3H2,1H3/t4-,5-,6+,7-,8+/m1/s1. The van der Waals surface area contributed by atoms with Gasteiger partial charge in [-0.05, 0) is 19.3 Å². The first-order valence-electron chi connectivity index (χ1n) is 4.62. The molecule has 1 N–H and O–H groups in total. The number of carbonyl (C=O) groups is 1. The lowest BCUT2D eigenvalue weighted by atomic mass is 10.2. The Labute approximate surface area is 82.0 Å². The Morgan fingerprint density at radius 2 is 2.23 bits per heavy atom. The van der Waals surface area contributed by atoms with Crippen molar-refractivity contribution in [2.75, 3.05) is 0 Å². The van der Waals surface area contributed by atoms with Crippen LogP contribution in [0.15, 0.2) is 0 Å². The second kappa shape index (κ2) is 3.14. The summed E-state index contributed by atoms with van der Waals surface area (Å²) in [5, 5.41) is 8.85. The van der Waals surface area contributed by atoms with Crippen molar-refractivity contribution >= 4 is 17.6 Å². The quantitative estimate of drug-likeness (QED) is 0.538. The number of aliphatic hydroxyl groups is 1. The maximum Gasteiger partial charge on any atom is 0.324 e. The molecular formula is C9H13ClO3. The number of alkyl halides is 1. The number of hydrogen-bond acceptors (Lipinski definition) is 3. The van der Waals surface area contributed by atoms with E-state index < -0.39 is 5.38 Å². The molecule has 3 nitrogen and oxygen atoms in total. The minimum atomic E-state index is -0.588. The number of carbonyl (C=O) groups excluding carboxylic acids is 1. The number of esters is 1. The Kier molecular flexibility index (Phi) is 2.24. The van der Waals surface area contributed by atoms with Crippen LogP contribution in [0.1, 0.15) is 19.8 Å². The molecule has 2 saturated carbocycles. The molecule has 2 rings (SSSR count). The van der Waals surface area contributed by atoms with Gasteiger partial charge in [0.2, 0.25) is 0 Å². The highest BCUT2D eigenvalue weighted by atomic mass is 35.5. The van der Waals surface area contributed by atoms with Gasteiger partial charge >= 0.3 is 5.97 Å². The van der Waals surface area contributed by atoms with Crippen molar-refractivity contribution in [2.24, 2.45) is 11.8 Å². The minimum absolute atomic E-state index is 0.0892. The first-order chi connectivity index (χ1) is 6.09. The molecule has 0 radical (unpaired) electrons. The van der Waals surface area contributed by atoms with Crippen molar-refractivity contribution < 1.29 is 14.6 Å². The molecule has 0 heterocycles. The van der Waals surface area contributed by atoms with E-state index in [2.05, 4.69) is 0 Å². The van der Waals surface area contributed by atoms with Crippen LogP contribution in [0.5, 0.6) is 0 Å². The van der Waals surface area contributed by atoms with Gasteiger partial charge < -0.3 is 9.84 Å². The van der Waals surface area contributed by atoms with Crippen molar-refractivity contribution in [3.63, 3.8) is 0 Å². The molecule has 5 atom stereocenters. The Morgan fingerprint density at radius 3 is 2.62 bits per heavy atom. The van der Waals surface area contributed by atoms with Crippen LogP contribution in [-0.4, -0.2) is 28.7 Å². The fourth-order valence-corrected chi connectivity index (χ4v) is 2.12. The maximum atomic E-state index is 11.1. The highest BCUT2D eigenvalue weighted by molar-refractivity contribution is 6.29. The van der Waals surface area contributed by atoms with Crippen molar-refractivity contribution in [3.05, 3.63) is 0 Å². The second-order valence-electron chi connectivity index (χ2n) is 3.96. The number of rotatable bonds is 2. The molecule has 0 aromatic heterocycles. The van der Waals surface area contributed by atoms with Gasteiger partial charge in [0.15, 0.2) is 0 Å². The number of ether oxygens (including phenoxy) is 1. The zero-order chi connectivity index (χ0) is 9.59. The average molecular weight is 205 g/mol. The topological polar surface area (TPSA) is 46.5 Å². The molecule has 0 aliphatic heterocycles. The third kappa shape index (κ3) is 1.67. The van der Waals surface area contributed by atoms with Crippen LogP contribution in [0.4, 0.5) is 0 Å². The molecule has 74 valence electrons. The fourth-order valence-electron chi connectivity index (χ4n) is 2.07. The summed E-state index contributed by atoms with van der Waals surface area (Å²) in [6, 6.07) is 0. The molecule has 0 bridgehead atoms. The van der Waals surface area contributed by atoms with E-state index in [1.807, 2.05) is 0 Å². The number of hydrogen-bond donors (Lipinski definition) is 1. The molecule has 0 spiro atoms. The molecule has 4 heteroatoms. The molecule has 2 fully saturated rings. The molecule has 0 amide bonds.